The van der Waals surface area contributed by atoms with Gasteiger partial charge in [0.05, 0.1) is 11.3 Å². The fourth-order valence-electron chi connectivity index (χ4n) is 3.13. The number of thioether (sulfide) groups is 1. The molecule has 1 fully saturated rings. The van der Waals surface area contributed by atoms with E-state index in [9.17, 15) is 14.7 Å². The molecule has 0 spiro atoms. The third kappa shape index (κ3) is 3.42. The summed E-state index contributed by atoms with van der Waals surface area (Å²) < 4.78 is 0. The highest BCUT2D eigenvalue weighted by molar-refractivity contribution is 8.02. The smallest absolute Gasteiger partial charge is 0.238 e. The number of para-hydroxylation sites is 1. The Balaban J connectivity index is 1.89. The van der Waals surface area contributed by atoms with Crippen LogP contribution in [-0.2, 0) is 4.79 Å². The van der Waals surface area contributed by atoms with Crippen LogP contribution in [0.1, 0.15) is 24.2 Å². The summed E-state index contributed by atoms with van der Waals surface area (Å²) in [5, 5.41) is 9.32. The maximum absolute atomic E-state index is 12.9. The van der Waals surface area contributed by atoms with E-state index in [-0.39, 0.29) is 28.8 Å². The number of anilines is 2. The second-order valence-corrected chi connectivity index (χ2v) is 7.07. The zero-order valence-electron chi connectivity index (χ0n) is 14.9. The van der Waals surface area contributed by atoms with Crippen molar-refractivity contribution in [3.8, 4) is 5.75 Å². The Morgan fingerprint density at radius 2 is 1.81 bits per heavy atom. The number of ketones is 1. The molecule has 0 bridgehead atoms. The average Bonchev–Trinajstić information content (AvgIpc) is 3.05. The quantitative estimate of drug-likeness (QED) is 0.788. The van der Waals surface area contributed by atoms with E-state index in [1.54, 1.807) is 18.2 Å². The van der Waals surface area contributed by atoms with Crippen molar-refractivity contribution in [2.45, 2.75) is 19.2 Å². The highest BCUT2D eigenvalue weighted by Crippen LogP contribution is 2.35. The van der Waals surface area contributed by atoms with Gasteiger partial charge in [0.1, 0.15) is 11.1 Å². The van der Waals surface area contributed by atoms with Crippen molar-refractivity contribution in [2.24, 2.45) is 0 Å². The summed E-state index contributed by atoms with van der Waals surface area (Å²) in [6.45, 7) is 6.00. The zero-order chi connectivity index (χ0) is 18.7. The van der Waals surface area contributed by atoms with Crippen molar-refractivity contribution in [2.75, 3.05) is 28.6 Å². The molecule has 1 aliphatic heterocycles. The van der Waals surface area contributed by atoms with Crippen LogP contribution in [0.5, 0.6) is 5.75 Å². The first-order chi connectivity index (χ1) is 12.6. The zero-order valence-corrected chi connectivity index (χ0v) is 15.7. The minimum absolute atomic E-state index is 0.0609. The van der Waals surface area contributed by atoms with E-state index < -0.39 is 5.37 Å². The third-order valence-corrected chi connectivity index (χ3v) is 5.67. The number of nitrogens with zero attached hydrogens (tertiary/aromatic N) is 2. The molecule has 1 atom stereocenters. The summed E-state index contributed by atoms with van der Waals surface area (Å²) >= 11 is 1.29. The molecule has 136 valence electrons. The Labute approximate surface area is 157 Å². The van der Waals surface area contributed by atoms with Crippen LogP contribution in [-0.4, -0.2) is 41.0 Å². The minimum atomic E-state index is -0.657. The number of phenols is 1. The molecule has 0 aromatic heterocycles. The van der Waals surface area contributed by atoms with Gasteiger partial charge in [0.2, 0.25) is 5.91 Å². The van der Waals surface area contributed by atoms with Crippen LogP contribution >= 0.6 is 11.8 Å². The number of rotatable bonds is 6. The fraction of sp³-hybridized carbons (Fsp3) is 0.300. The SMILES string of the molecule is CCN(CC)c1ccc(N2C(=O)CSC2C(=O)c2ccccc2O)cc1. The number of Topliss-reactive ketones (excluding diaryl/α,β-unsaturated/α-hetero) is 1. The van der Waals surface area contributed by atoms with E-state index in [2.05, 4.69) is 18.7 Å². The Bertz CT molecular complexity index is 803. The molecule has 5 nitrogen and oxygen atoms in total. The van der Waals surface area contributed by atoms with Crippen LogP contribution in [0.15, 0.2) is 48.5 Å². The molecule has 1 heterocycles. The Hall–Kier alpha value is -2.47. The number of benzene rings is 2. The molecular formula is C20H22N2O3S. The minimum Gasteiger partial charge on any atom is -0.507 e. The van der Waals surface area contributed by atoms with Crippen molar-refractivity contribution >= 4 is 34.8 Å². The first kappa shape index (κ1) is 18.3. The van der Waals surface area contributed by atoms with Crippen molar-refractivity contribution < 1.29 is 14.7 Å². The molecule has 2 aromatic carbocycles. The van der Waals surface area contributed by atoms with Gasteiger partial charge < -0.3 is 10.0 Å². The van der Waals surface area contributed by atoms with Crippen molar-refractivity contribution in [3.05, 3.63) is 54.1 Å². The van der Waals surface area contributed by atoms with Crippen molar-refractivity contribution in [1.29, 1.82) is 0 Å². The lowest BCUT2D eigenvalue weighted by Gasteiger charge is -2.25. The van der Waals surface area contributed by atoms with Crippen LogP contribution in [0, 0.1) is 0 Å². The largest absolute Gasteiger partial charge is 0.507 e. The number of aromatic hydroxyl groups is 1. The van der Waals surface area contributed by atoms with Crippen LogP contribution < -0.4 is 9.80 Å². The van der Waals surface area contributed by atoms with E-state index in [4.69, 9.17) is 0 Å². The summed E-state index contributed by atoms with van der Waals surface area (Å²) in [7, 11) is 0. The summed E-state index contributed by atoms with van der Waals surface area (Å²) in [5.41, 5.74) is 2.02. The maximum atomic E-state index is 12.9. The summed E-state index contributed by atoms with van der Waals surface area (Å²) in [6, 6.07) is 14.1. The summed E-state index contributed by atoms with van der Waals surface area (Å²) in [6.07, 6.45) is 0. The lowest BCUT2D eigenvalue weighted by Crippen LogP contribution is -2.38. The lowest BCUT2D eigenvalue weighted by molar-refractivity contribution is -0.115. The molecule has 3 rings (SSSR count). The highest BCUT2D eigenvalue weighted by Gasteiger charge is 2.38. The molecule has 0 aliphatic carbocycles. The van der Waals surface area contributed by atoms with E-state index in [0.717, 1.165) is 18.8 Å². The number of hydrogen-bond acceptors (Lipinski definition) is 5. The van der Waals surface area contributed by atoms with Gasteiger partial charge >= 0.3 is 0 Å². The Morgan fingerprint density at radius 3 is 2.42 bits per heavy atom. The molecule has 1 saturated heterocycles. The van der Waals surface area contributed by atoms with Crippen molar-refractivity contribution in [3.63, 3.8) is 0 Å². The highest BCUT2D eigenvalue weighted by atomic mass is 32.2. The second-order valence-electron chi connectivity index (χ2n) is 6.00. The van der Waals surface area contributed by atoms with Gasteiger partial charge in [-0.2, -0.15) is 0 Å². The molecular weight excluding hydrogens is 348 g/mol. The summed E-state index contributed by atoms with van der Waals surface area (Å²) in [4.78, 5) is 29.0. The van der Waals surface area contributed by atoms with Crippen LogP contribution in [0.25, 0.3) is 0 Å². The van der Waals surface area contributed by atoms with Gasteiger partial charge in [-0.25, -0.2) is 0 Å². The third-order valence-electron chi connectivity index (χ3n) is 4.52. The molecule has 0 radical (unpaired) electrons. The number of amides is 1. The molecule has 1 amide bonds. The fourth-order valence-corrected chi connectivity index (χ4v) is 4.23. The van der Waals surface area contributed by atoms with Gasteiger partial charge in [-0.3, -0.25) is 14.5 Å². The van der Waals surface area contributed by atoms with Gasteiger partial charge in [-0.15, -0.1) is 11.8 Å². The molecule has 2 aromatic rings. The topological polar surface area (TPSA) is 60.9 Å². The molecule has 1 aliphatic rings. The number of carbonyl (C=O) groups is 2. The number of carbonyl (C=O) groups excluding carboxylic acids is 2. The molecule has 1 N–H and O–H groups in total. The molecule has 0 saturated carbocycles. The Morgan fingerprint density at radius 1 is 1.15 bits per heavy atom. The van der Waals surface area contributed by atoms with Crippen molar-refractivity contribution in [1.82, 2.24) is 0 Å². The first-order valence-electron chi connectivity index (χ1n) is 8.67. The van der Waals surface area contributed by atoms with Gasteiger partial charge in [0.15, 0.2) is 5.78 Å². The molecule has 26 heavy (non-hydrogen) atoms. The number of hydrogen-bond donors (Lipinski definition) is 1. The first-order valence-corrected chi connectivity index (χ1v) is 9.72. The van der Waals surface area contributed by atoms with Gasteiger partial charge in [-0.05, 0) is 50.2 Å². The van der Waals surface area contributed by atoms with Gasteiger partial charge in [0, 0.05) is 24.5 Å². The van der Waals surface area contributed by atoms with E-state index in [1.165, 1.54) is 22.7 Å². The normalized spacial score (nSPS) is 16.8. The van der Waals surface area contributed by atoms with E-state index >= 15 is 0 Å². The lowest BCUT2D eigenvalue weighted by atomic mass is 10.1. The summed E-state index contributed by atoms with van der Waals surface area (Å²) in [5.74, 6) is -0.165. The number of phenolic OH excluding ortho intramolecular Hbond substituents is 1. The van der Waals surface area contributed by atoms with Gasteiger partial charge in [0.25, 0.3) is 0 Å². The monoisotopic (exact) mass is 370 g/mol. The van der Waals surface area contributed by atoms with E-state index in [1.807, 2.05) is 24.3 Å². The average molecular weight is 370 g/mol. The van der Waals surface area contributed by atoms with Crippen LogP contribution in [0.2, 0.25) is 0 Å². The van der Waals surface area contributed by atoms with Crippen LogP contribution in [0.3, 0.4) is 0 Å². The Kier molecular flexibility index (Phi) is 5.52. The predicted molar refractivity (Wildman–Crippen MR) is 106 cm³/mol. The molecule has 1 unspecified atom stereocenters. The maximum Gasteiger partial charge on any atom is 0.238 e. The molecule has 6 heteroatoms. The van der Waals surface area contributed by atoms with E-state index in [0.29, 0.717) is 5.69 Å². The predicted octanol–water partition coefficient (Wildman–Crippen LogP) is 3.53. The van der Waals surface area contributed by atoms with Crippen LogP contribution in [0.4, 0.5) is 11.4 Å². The second kappa shape index (κ2) is 7.83. The van der Waals surface area contributed by atoms with Gasteiger partial charge in [-0.1, -0.05) is 12.1 Å². The standard InChI is InChI=1S/C20H22N2O3S/c1-3-21(4-2)14-9-11-15(12-10-14)22-18(24)13-26-20(22)19(25)16-7-5-6-8-17(16)23/h5-12,20,23H,3-4,13H2,1-2H3.